The number of hydrogen-bond donors (Lipinski definition) is 0. The molecular formula is C18H24N2O. The minimum absolute atomic E-state index is 0.122. The predicted octanol–water partition coefficient (Wildman–Crippen LogP) is 2.97. The first-order valence-corrected chi connectivity index (χ1v) is 7.93. The molecule has 1 aromatic rings. The summed E-state index contributed by atoms with van der Waals surface area (Å²) in [6.07, 6.45) is 3.06. The summed E-state index contributed by atoms with van der Waals surface area (Å²) in [7, 11) is 0. The smallest absolute Gasteiger partial charge is 0.0687 e. The van der Waals surface area contributed by atoms with E-state index in [0.29, 0.717) is 0 Å². The number of benzene rings is 1. The van der Waals surface area contributed by atoms with E-state index in [9.17, 15) is 5.26 Å². The molecule has 0 spiro atoms. The maximum absolute atomic E-state index is 9.26. The molecule has 3 rings (SSSR count). The van der Waals surface area contributed by atoms with E-state index in [-0.39, 0.29) is 10.8 Å². The molecule has 1 aromatic carbocycles. The predicted molar refractivity (Wildman–Crippen MR) is 83.0 cm³/mol. The van der Waals surface area contributed by atoms with Gasteiger partial charge < -0.3 is 9.64 Å². The molecule has 0 unspecified atom stereocenters. The van der Waals surface area contributed by atoms with Crippen molar-refractivity contribution < 1.29 is 4.74 Å². The Kier molecular flexibility index (Phi) is 4.01. The van der Waals surface area contributed by atoms with Crippen molar-refractivity contribution in [3.63, 3.8) is 0 Å². The molecule has 3 nitrogen and oxygen atoms in total. The van der Waals surface area contributed by atoms with Crippen molar-refractivity contribution in [2.75, 3.05) is 32.8 Å². The molecule has 2 aliphatic heterocycles. The molecule has 21 heavy (non-hydrogen) atoms. The molecule has 3 heteroatoms. The summed E-state index contributed by atoms with van der Waals surface area (Å²) < 4.78 is 5.74. The van der Waals surface area contributed by atoms with Gasteiger partial charge >= 0.3 is 0 Å². The van der Waals surface area contributed by atoms with Gasteiger partial charge in [0.25, 0.3) is 0 Å². The van der Waals surface area contributed by atoms with E-state index >= 15 is 0 Å². The summed E-state index contributed by atoms with van der Waals surface area (Å²) in [5.41, 5.74) is 1.42. The average molecular weight is 284 g/mol. The van der Waals surface area contributed by atoms with Crippen molar-refractivity contribution >= 4 is 0 Å². The van der Waals surface area contributed by atoms with Crippen molar-refractivity contribution in [1.82, 2.24) is 4.90 Å². The van der Waals surface area contributed by atoms with E-state index in [1.165, 1.54) is 5.56 Å². The average Bonchev–Trinajstić information content (AvgIpc) is 3.01. The van der Waals surface area contributed by atoms with E-state index < -0.39 is 0 Å². The first kappa shape index (κ1) is 14.6. The molecule has 112 valence electrons. The minimum Gasteiger partial charge on any atom is -0.380 e. The third-order valence-corrected chi connectivity index (χ3v) is 5.25. The Morgan fingerprint density at radius 1 is 1.19 bits per heavy atom. The molecule has 0 amide bonds. The highest BCUT2D eigenvalue weighted by Gasteiger charge is 2.40. The molecule has 0 saturated carbocycles. The second-order valence-electron chi connectivity index (χ2n) is 6.90. The van der Waals surface area contributed by atoms with Gasteiger partial charge in [-0.1, -0.05) is 30.3 Å². The van der Waals surface area contributed by atoms with Crippen LogP contribution in [0.15, 0.2) is 30.3 Å². The number of nitriles is 1. The Bertz CT molecular complexity index is 506. The van der Waals surface area contributed by atoms with Crippen LogP contribution >= 0.6 is 0 Å². The monoisotopic (exact) mass is 284 g/mol. The van der Waals surface area contributed by atoms with E-state index in [1.54, 1.807) is 0 Å². The fraction of sp³-hybridized carbons (Fsp3) is 0.611. The van der Waals surface area contributed by atoms with E-state index in [4.69, 9.17) is 4.74 Å². The maximum Gasteiger partial charge on any atom is 0.0687 e. The van der Waals surface area contributed by atoms with Crippen LogP contribution in [0.2, 0.25) is 0 Å². The lowest BCUT2D eigenvalue weighted by Crippen LogP contribution is -2.46. The van der Waals surface area contributed by atoms with Crippen LogP contribution in [-0.2, 0) is 10.2 Å². The van der Waals surface area contributed by atoms with Crippen LogP contribution in [0.5, 0.6) is 0 Å². The van der Waals surface area contributed by atoms with Gasteiger partial charge in [0.2, 0.25) is 0 Å². The zero-order valence-corrected chi connectivity index (χ0v) is 12.8. The number of hydrogen-bond acceptors (Lipinski definition) is 3. The molecule has 2 fully saturated rings. The summed E-state index contributed by atoms with van der Waals surface area (Å²) in [5, 5.41) is 9.26. The zero-order valence-electron chi connectivity index (χ0n) is 12.8. The molecule has 0 aromatic heterocycles. The molecule has 0 bridgehead atoms. The molecular weight excluding hydrogens is 260 g/mol. The Hall–Kier alpha value is -1.37. The van der Waals surface area contributed by atoms with Gasteiger partial charge in [-0.2, -0.15) is 5.26 Å². The fourth-order valence-corrected chi connectivity index (χ4v) is 3.59. The van der Waals surface area contributed by atoms with Crippen LogP contribution in [0.3, 0.4) is 0 Å². The van der Waals surface area contributed by atoms with Crippen LogP contribution in [0.25, 0.3) is 0 Å². The lowest BCUT2D eigenvalue weighted by Gasteiger charge is -2.40. The van der Waals surface area contributed by atoms with Gasteiger partial charge in [0, 0.05) is 18.6 Å². The lowest BCUT2D eigenvalue weighted by atomic mass is 9.77. The number of nitrogens with zero attached hydrogens (tertiary/aromatic N) is 2. The molecule has 2 saturated heterocycles. The van der Waals surface area contributed by atoms with E-state index in [0.717, 1.165) is 52.1 Å². The highest BCUT2D eigenvalue weighted by atomic mass is 16.5. The van der Waals surface area contributed by atoms with Gasteiger partial charge in [-0.25, -0.2) is 0 Å². The van der Waals surface area contributed by atoms with Crippen LogP contribution in [0.1, 0.15) is 31.7 Å². The molecule has 0 radical (unpaired) electrons. The van der Waals surface area contributed by atoms with Crippen LogP contribution in [0, 0.1) is 16.7 Å². The molecule has 2 heterocycles. The highest BCUT2D eigenvalue weighted by molar-refractivity contribution is 5.27. The molecule has 2 aliphatic rings. The normalized spacial score (nSPS) is 29.1. The minimum atomic E-state index is -0.122. The Morgan fingerprint density at radius 2 is 1.90 bits per heavy atom. The van der Waals surface area contributed by atoms with Crippen molar-refractivity contribution in [1.29, 1.82) is 5.26 Å². The quantitative estimate of drug-likeness (QED) is 0.856. The van der Waals surface area contributed by atoms with Crippen LogP contribution in [0.4, 0.5) is 0 Å². The lowest BCUT2D eigenvalue weighted by molar-refractivity contribution is 0.111. The zero-order chi connectivity index (χ0) is 14.8. The van der Waals surface area contributed by atoms with Crippen LogP contribution < -0.4 is 0 Å². The van der Waals surface area contributed by atoms with Crippen molar-refractivity contribution in [2.45, 2.75) is 31.6 Å². The summed E-state index contributed by atoms with van der Waals surface area (Å²) in [4.78, 5) is 2.53. The van der Waals surface area contributed by atoms with E-state index in [1.807, 2.05) is 0 Å². The Labute approximate surface area is 127 Å². The number of likely N-dealkylation sites (tertiary alicyclic amines) is 1. The standard InChI is InChI=1S/C18H24N2O/c1-17(13-19)7-10-20(11-8-17)14-18(9-12-21-15-18)16-5-3-2-4-6-16/h2-6H,7-12,14-15H2,1H3/t18-/m1/s1. The molecule has 1 atom stereocenters. The van der Waals surface area contributed by atoms with Crippen molar-refractivity contribution in [2.24, 2.45) is 5.41 Å². The second-order valence-corrected chi connectivity index (χ2v) is 6.90. The van der Waals surface area contributed by atoms with Gasteiger partial charge in [-0.05, 0) is 44.8 Å². The fourth-order valence-electron chi connectivity index (χ4n) is 3.59. The van der Waals surface area contributed by atoms with Crippen molar-refractivity contribution in [3.8, 4) is 6.07 Å². The first-order valence-electron chi connectivity index (χ1n) is 7.93. The highest BCUT2D eigenvalue weighted by Crippen LogP contribution is 2.36. The summed E-state index contributed by atoms with van der Waals surface area (Å²) in [6, 6.07) is 13.3. The van der Waals surface area contributed by atoms with Gasteiger partial charge in [0.15, 0.2) is 0 Å². The number of rotatable bonds is 3. The largest absolute Gasteiger partial charge is 0.380 e. The Morgan fingerprint density at radius 3 is 2.48 bits per heavy atom. The van der Waals surface area contributed by atoms with Gasteiger partial charge in [0.05, 0.1) is 18.1 Å². The second kappa shape index (κ2) is 5.79. The third-order valence-electron chi connectivity index (χ3n) is 5.25. The summed E-state index contributed by atoms with van der Waals surface area (Å²) >= 11 is 0. The number of ether oxygens (including phenoxy) is 1. The SMILES string of the molecule is CC1(C#N)CCN(C[C@]2(c3ccccc3)CCOC2)CC1. The first-order chi connectivity index (χ1) is 10.2. The molecule has 0 N–H and O–H groups in total. The van der Waals surface area contributed by atoms with Crippen molar-refractivity contribution in [3.05, 3.63) is 35.9 Å². The molecule has 0 aliphatic carbocycles. The summed E-state index contributed by atoms with van der Waals surface area (Å²) in [6.45, 7) is 6.88. The third kappa shape index (κ3) is 2.97. The maximum atomic E-state index is 9.26. The number of piperidine rings is 1. The van der Waals surface area contributed by atoms with Gasteiger partial charge in [-0.15, -0.1) is 0 Å². The Balaban J connectivity index is 1.72. The summed E-state index contributed by atoms with van der Waals surface area (Å²) in [5.74, 6) is 0. The van der Waals surface area contributed by atoms with E-state index in [2.05, 4.69) is 48.2 Å². The van der Waals surface area contributed by atoms with Gasteiger partial charge in [-0.3, -0.25) is 0 Å². The topological polar surface area (TPSA) is 36.3 Å². The van der Waals surface area contributed by atoms with Crippen LogP contribution in [-0.4, -0.2) is 37.7 Å². The van der Waals surface area contributed by atoms with Gasteiger partial charge in [0.1, 0.15) is 0 Å².